The average molecular weight is 233 g/mol. The minimum atomic E-state index is -1.25. The highest BCUT2D eigenvalue weighted by atomic mass is 35.5. The van der Waals surface area contributed by atoms with Gasteiger partial charge in [0.05, 0.1) is 17.2 Å². The third-order valence-electron chi connectivity index (χ3n) is 1.58. The van der Waals surface area contributed by atoms with Gasteiger partial charge in [-0.15, -0.1) is 0 Å². The maximum absolute atomic E-state index is 11.5. The van der Waals surface area contributed by atoms with Gasteiger partial charge in [-0.2, -0.15) is 0 Å². The molecule has 1 unspecified atom stereocenters. The van der Waals surface area contributed by atoms with Gasteiger partial charge in [0.2, 0.25) is 0 Å². The van der Waals surface area contributed by atoms with Crippen molar-refractivity contribution in [2.75, 3.05) is 5.75 Å². The summed E-state index contributed by atoms with van der Waals surface area (Å²) in [6.45, 7) is 0. The summed E-state index contributed by atoms with van der Waals surface area (Å²) in [5.74, 6) is -0.802. The first-order valence-electron chi connectivity index (χ1n) is 3.95. The number of benzene rings is 1. The summed E-state index contributed by atoms with van der Waals surface area (Å²) >= 11 is 5.65. The molecule has 0 heterocycles. The molecule has 1 aromatic rings. The van der Waals surface area contributed by atoms with Gasteiger partial charge in [-0.3, -0.25) is 9.00 Å². The fraction of sp³-hybridized carbons (Fsp3) is 0.222. The third-order valence-corrected chi connectivity index (χ3v) is 3.20. The molecule has 1 N–H and O–H groups in total. The molecule has 0 aromatic heterocycles. The van der Waals surface area contributed by atoms with Crippen molar-refractivity contribution < 1.29 is 14.1 Å². The van der Waals surface area contributed by atoms with Crippen LogP contribution in [0.1, 0.15) is 6.42 Å². The van der Waals surface area contributed by atoms with Gasteiger partial charge in [0, 0.05) is 15.7 Å². The van der Waals surface area contributed by atoms with E-state index in [4.69, 9.17) is 16.7 Å². The van der Waals surface area contributed by atoms with Crippen LogP contribution in [-0.2, 0) is 15.6 Å². The molecule has 14 heavy (non-hydrogen) atoms. The van der Waals surface area contributed by atoms with Gasteiger partial charge < -0.3 is 5.11 Å². The van der Waals surface area contributed by atoms with Gasteiger partial charge in [0.25, 0.3) is 0 Å². The van der Waals surface area contributed by atoms with E-state index in [1.165, 1.54) is 0 Å². The van der Waals surface area contributed by atoms with Crippen LogP contribution < -0.4 is 0 Å². The molecule has 0 aliphatic heterocycles. The second kappa shape index (κ2) is 5.12. The van der Waals surface area contributed by atoms with Crippen LogP contribution in [0.15, 0.2) is 29.2 Å². The van der Waals surface area contributed by atoms with E-state index in [0.717, 1.165) is 0 Å². The Labute approximate surface area is 89.2 Å². The van der Waals surface area contributed by atoms with Crippen molar-refractivity contribution >= 4 is 28.4 Å². The zero-order valence-corrected chi connectivity index (χ0v) is 8.85. The molecule has 0 saturated heterocycles. The molecule has 1 aromatic carbocycles. The normalized spacial score (nSPS) is 12.4. The van der Waals surface area contributed by atoms with E-state index in [9.17, 15) is 9.00 Å². The van der Waals surface area contributed by atoms with E-state index >= 15 is 0 Å². The van der Waals surface area contributed by atoms with Gasteiger partial charge in [-0.25, -0.2) is 0 Å². The fourth-order valence-electron chi connectivity index (χ4n) is 0.884. The van der Waals surface area contributed by atoms with Crippen LogP contribution >= 0.6 is 11.6 Å². The van der Waals surface area contributed by atoms with E-state index in [0.29, 0.717) is 9.92 Å². The number of hydrogen-bond donors (Lipinski definition) is 1. The monoisotopic (exact) mass is 232 g/mol. The zero-order chi connectivity index (χ0) is 10.6. The Kier molecular flexibility index (Phi) is 4.10. The van der Waals surface area contributed by atoms with Gasteiger partial charge in [0.15, 0.2) is 0 Å². The molecule has 0 aliphatic carbocycles. The second-order valence-electron chi connectivity index (χ2n) is 2.65. The first-order chi connectivity index (χ1) is 6.59. The topological polar surface area (TPSA) is 54.4 Å². The quantitative estimate of drug-likeness (QED) is 0.863. The molecule has 1 atom stereocenters. The summed E-state index contributed by atoms with van der Waals surface area (Å²) in [7, 11) is -1.25. The fourth-order valence-corrected chi connectivity index (χ4v) is 2.05. The molecule has 0 spiro atoms. The molecule has 0 saturated carbocycles. The van der Waals surface area contributed by atoms with Crippen molar-refractivity contribution in [1.82, 2.24) is 0 Å². The second-order valence-corrected chi connectivity index (χ2v) is 4.65. The smallest absolute Gasteiger partial charge is 0.304 e. The molecule has 3 nitrogen and oxygen atoms in total. The van der Waals surface area contributed by atoms with Gasteiger partial charge in [-0.05, 0) is 24.3 Å². The van der Waals surface area contributed by atoms with Gasteiger partial charge in [-0.1, -0.05) is 11.6 Å². The highest BCUT2D eigenvalue weighted by Crippen LogP contribution is 2.13. The first-order valence-corrected chi connectivity index (χ1v) is 5.65. The Morgan fingerprint density at radius 3 is 2.43 bits per heavy atom. The lowest BCUT2D eigenvalue weighted by Gasteiger charge is -1.99. The maximum Gasteiger partial charge on any atom is 0.304 e. The highest BCUT2D eigenvalue weighted by Gasteiger charge is 2.06. The minimum Gasteiger partial charge on any atom is -0.481 e. The van der Waals surface area contributed by atoms with Crippen molar-refractivity contribution in [3.8, 4) is 0 Å². The highest BCUT2D eigenvalue weighted by molar-refractivity contribution is 7.85. The molecule has 76 valence electrons. The van der Waals surface area contributed by atoms with Crippen LogP contribution in [0.5, 0.6) is 0 Å². The van der Waals surface area contributed by atoms with Crippen LogP contribution in [0.4, 0.5) is 0 Å². The summed E-state index contributed by atoms with van der Waals surface area (Å²) in [5, 5.41) is 8.97. The number of aliphatic carboxylic acids is 1. The molecular weight excluding hydrogens is 224 g/mol. The molecule has 0 fully saturated rings. The van der Waals surface area contributed by atoms with Crippen molar-refractivity contribution in [2.45, 2.75) is 11.3 Å². The van der Waals surface area contributed by atoms with Crippen molar-refractivity contribution in [3.05, 3.63) is 29.3 Å². The Bertz CT molecular complexity index is 348. The largest absolute Gasteiger partial charge is 0.481 e. The number of carboxylic acids is 1. The molecule has 0 bridgehead atoms. The summed E-state index contributed by atoms with van der Waals surface area (Å²) < 4.78 is 11.5. The van der Waals surface area contributed by atoms with Crippen molar-refractivity contribution in [1.29, 1.82) is 0 Å². The lowest BCUT2D eigenvalue weighted by Crippen LogP contribution is -2.04. The van der Waals surface area contributed by atoms with Crippen LogP contribution in [0.2, 0.25) is 5.02 Å². The number of rotatable bonds is 4. The number of carboxylic acid groups (broad SMARTS) is 1. The Morgan fingerprint density at radius 2 is 1.93 bits per heavy atom. The van der Waals surface area contributed by atoms with Gasteiger partial charge in [0.1, 0.15) is 0 Å². The molecule has 0 amide bonds. The predicted octanol–water partition coefficient (Wildman–Crippen LogP) is 1.92. The number of halogens is 1. The molecule has 0 aliphatic rings. The molecule has 1 rings (SSSR count). The number of carbonyl (C=O) groups is 1. The van der Waals surface area contributed by atoms with Crippen molar-refractivity contribution in [3.63, 3.8) is 0 Å². The van der Waals surface area contributed by atoms with E-state index < -0.39 is 16.8 Å². The summed E-state index contributed by atoms with van der Waals surface area (Å²) in [4.78, 5) is 10.8. The van der Waals surface area contributed by atoms with Gasteiger partial charge >= 0.3 is 5.97 Å². The predicted molar refractivity (Wildman–Crippen MR) is 55.0 cm³/mol. The Balaban J connectivity index is 2.61. The lowest BCUT2D eigenvalue weighted by atomic mass is 10.4. The van der Waals surface area contributed by atoms with Crippen molar-refractivity contribution in [2.24, 2.45) is 0 Å². The molecular formula is C9H9ClO3S. The average Bonchev–Trinajstić information content (AvgIpc) is 2.15. The Morgan fingerprint density at radius 1 is 1.36 bits per heavy atom. The van der Waals surface area contributed by atoms with E-state index in [1.54, 1.807) is 24.3 Å². The third kappa shape index (κ3) is 3.47. The standard InChI is InChI=1S/C9H9ClO3S/c10-7-1-3-8(4-2-7)14(13)6-5-9(11)12/h1-4H,5-6H2,(H,11,12). The van der Waals surface area contributed by atoms with Crippen LogP contribution in [-0.4, -0.2) is 21.0 Å². The minimum absolute atomic E-state index is 0.0881. The zero-order valence-electron chi connectivity index (χ0n) is 7.27. The lowest BCUT2D eigenvalue weighted by molar-refractivity contribution is -0.136. The SMILES string of the molecule is O=C(O)CCS(=O)c1ccc(Cl)cc1. The summed E-state index contributed by atoms with van der Waals surface area (Å²) in [5.41, 5.74) is 0. The van der Waals surface area contributed by atoms with E-state index in [2.05, 4.69) is 0 Å². The first kappa shape index (κ1) is 11.2. The molecule has 0 radical (unpaired) electrons. The number of hydrogen-bond acceptors (Lipinski definition) is 2. The van der Waals surface area contributed by atoms with Crippen LogP contribution in [0, 0.1) is 0 Å². The maximum atomic E-state index is 11.5. The van der Waals surface area contributed by atoms with E-state index in [1.807, 2.05) is 0 Å². The van der Waals surface area contributed by atoms with E-state index in [-0.39, 0.29) is 12.2 Å². The van der Waals surface area contributed by atoms with Crippen LogP contribution in [0.25, 0.3) is 0 Å². The summed E-state index contributed by atoms with van der Waals surface area (Å²) in [6, 6.07) is 6.55. The summed E-state index contributed by atoms with van der Waals surface area (Å²) in [6.07, 6.45) is -0.0881. The Hall–Kier alpha value is -0.870. The van der Waals surface area contributed by atoms with Crippen LogP contribution in [0.3, 0.4) is 0 Å². The molecule has 5 heteroatoms.